The van der Waals surface area contributed by atoms with Crippen molar-refractivity contribution in [1.29, 1.82) is 0 Å². The molecule has 0 unspecified atom stereocenters. The largest absolute Gasteiger partial charge is 0.385 e. The van der Waals surface area contributed by atoms with Gasteiger partial charge in [0.05, 0.1) is 12.7 Å². The fourth-order valence-electron chi connectivity index (χ4n) is 2.48. The van der Waals surface area contributed by atoms with E-state index in [-0.39, 0.29) is 0 Å². The third kappa shape index (κ3) is 4.84. The van der Waals surface area contributed by atoms with Crippen LogP contribution < -0.4 is 5.32 Å². The Morgan fingerprint density at radius 1 is 1.37 bits per heavy atom. The van der Waals surface area contributed by atoms with Crippen molar-refractivity contribution in [2.45, 2.75) is 44.8 Å². The second-order valence-corrected chi connectivity index (χ2v) is 4.99. The quantitative estimate of drug-likeness (QED) is 0.697. The molecule has 1 aliphatic rings. The van der Waals surface area contributed by atoms with Crippen LogP contribution in [0.3, 0.4) is 0 Å². The molecule has 5 heteroatoms. The molecule has 108 valence electrons. The highest BCUT2D eigenvalue weighted by atomic mass is 16.5. The lowest BCUT2D eigenvalue weighted by Gasteiger charge is -2.13. The van der Waals surface area contributed by atoms with Gasteiger partial charge in [-0.2, -0.15) is 0 Å². The normalized spacial score (nSPS) is 16.1. The number of rotatable bonds is 9. The molecular formula is C14H25N3O2. The maximum atomic E-state index is 5.82. The van der Waals surface area contributed by atoms with Crippen LogP contribution in [0.25, 0.3) is 0 Å². The van der Waals surface area contributed by atoms with Crippen molar-refractivity contribution in [3.63, 3.8) is 0 Å². The van der Waals surface area contributed by atoms with Gasteiger partial charge in [-0.05, 0) is 19.3 Å². The fraction of sp³-hybridized carbons (Fsp3) is 0.786. The van der Waals surface area contributed by atoms with E-state index in [0.29, 0.717) is 6.10 Å². The number of aryl methyl sites for hydroxylation is 1. The Labute approximate surface area is 115 Å². The molecule has 1 aromatic rings. The molecule has 1 saturated carbocycles. The van der Waals surface area contributed by atoms with Gasteiger partial charge in [-0.25, -0.2) is 4.98 Å². The molecule has 0 bridgehead atoms. The number of hydrogen-bond acceptors (Lipinski definition) is 4. The van der Waals surface area contributed by atoms with E-state index in [9.17, 15) is 0 Å². The van der Waals surface area contributed by atoms with Crippen LogP contribution in [0.2, 0.25) is 0 Å². The van der Waals surface area contributed by atoms with Crippen LogP contribution in [0.1, 0.15) is 32.1 Å². The number of hydrogen-bond donors (Lipinski definition) is 1. The van der Waals surface area contributed by atoms with Gasteiger partial charge < -0.3 is 19.4 Å². The van der Waals surface area contributed by atoms with Gasteiger partial charge in [0.2, 0.25) is 5.95 Å². The van der Waals surface area contributed by atoms with E-state index >= 15 is 0 Å². The van der Waals surface area contributed by atoms with Crippen molar-refractivity contribution < 1.29 is 9.47 Å². The van der Waals surface area contributed by atoms with Crippen LogP contribution in [0.15, 0.2) is 12.4 Å². The summed E-state index contributed by atoms with van der Waals surface area (Å²) in [5.41, 5.74) is 0. The molecule has 1 fully saturated rings. The summed E-state index contributed by atoms with van der Waals surface area (Å²) < 4.78 is 13.0. The average molecular weight is 267 g/mol. The summed E-state index contributed by atoms with van der Waals surface area (Å²) in [7, 11) is 1.73. The molecular weight excluding hydrogens is 242 g/mol. The highest BCUT2D eigenvalue weighted by Gasteiger charge is 2.14. The first-order chi connectivity index (χ1) is 9.40. The Balaban J connectivity index is 1.63. The van der Waals surface area contributed by atoms with Crippen molar-refractivity contribution in [3.05, 3.63) is 12.4 Å². The van der Waals surface area contributed by atoms with Crippen LogP contribution in [-0.2, 0) is 16.0 Å². The van der Waals surface area contributed by atoms with E-state index in [1.165, 1.54) is 25.7 Å². The summed E-state index contributed by atoms with van der Waals surface area (Å²) in [6.07, 6.45) is 10.4. The first-order valence-electron chi connectivity index (χ1n) is 7.25. The lowest BCUT2D eigenvalue weighted by molar-refractivity contribution is 0.0658. The second kappa shape index (κ2) is 8.17. The fourth-order valence-corrected chi connectivity index (χ4v) is 2.48. The molecule has 0 aromatic carbocycles. The van der Waals surface area contributed by atoms with E-state index < -0.39 is 0 Å². The molecule has 0 amide bonds. The minimum absolute atomic E-state index is 0.489. The van der Waals surface area contributed by atoms with E-state index in [2.05, 4.69) is 14.9 Å². The molecule has 0 atom stereocenters. The Morgan fingerprint density at radius 3 is 3.00 bits per heavy atom. The van der Waals surface area contributed by atoms with Crippen LogP contribution in [0, 0.1) is 0 Å². The number of methoxy groups -OCH3 is 1. The number of nitrogens with zero attached hydrogens (tertiary/aromatic N) is 2. The Hall–Kier alpha value is -1.07. The molecule has 0 radical (unpaired) electrons. The van der Waals surface area contributed by atoms with Crippen LogP contribution in [0.5, 0.6) is 0 Å². The van der Waals surface area contributed by atoms with Gasteiger partial charge in [0.25, 0.3) is 0 Å². The third-order valence-electron chi connectivity index (χ3n) is 3.50. The van der Waals surface area contributed by atoms with Gasteiger partial charge in [-0.3, -0.25) is 0 Å². The number of aromatic nitrogens is 2. The molecule has 19 heavy (non-hydrogen) atoms. The van der Waals surface area contributed by atoms with Crippen molar-refractivity contribution in [3.8, 4) is 0 Å². The van der Waals surface area contributed by atoms with Gasteiger partial charge in [0, 0.05) is 39.2 Å². The minimum atomic E-state index is 0.489. The molecule has 1 aliphatic carbocycles. The molecule has 0 saturated heterocycles. The molecule has 5 nitrogen and oxygen atoms in total. The van der Waals surface area contributed by atoms with Gasteiger partial charge in [0.15, 0.2) is 0 Å². The molecule has 0 aliphatic heterocycles. The predicted octanol–water partition coefficient (Wildman–Crippen LogP) is 2.29. The first-order valence-corrected chi connectivity index (χ1v) is 7.25. The van der Waals surface area contributed by atoms with E-state index in [1.54, 1.807) is 7.11 Å². The minimum Gasteiger partial charge on any atom is -0.385 e. The summed E-state index contributed by atoms with van der Waals surface area (Å²) in [4.78, 5) is 4.32. The molecule has 2 rings (SSSR count). The van der Waals surface area contributed by atoms with Gasteiger partial charge >= 0.3 is 0 Å². The highest BCUT2D eigenvalue weighted by Crippen LogP contribution is 2.20. The maximum absolute atomic E-state index is 5.82. The highest BCUT2D eigenvalue weighted by molar-refractivity contribution is 5.25. The standard InChI is InChI=1S/C14H25N3O2/c1-18-11-4-9-17-10-7-15-14(17)16-8-12-19-13-5-2-3-6-13/h7,10,13H,2-6,8-9,11-12H2,1H3,(H,15,16). The monoisotopic (exact) mass is 267 g/mol. The van der Waals surface area contributed by atoms with Crippen LogP contribution in [-0.4, -0.2) is 42.5 Å². The van der Waals surface area contributed by atoms with Gasteiger partial charge in [-0.15, -0.1) is 0 Å². The Kier molecular flexibility index (Phi) is 6.17. The predicted molar refractivity (Wildman–Crippen MR) is 75.4 cm³/mol. The summed E-state index contributed by atoms with van der Waals surface area (Å²) in [6, 6.07) is 0. The van der Waals surface area contributed by atoms with E-state index in [0.717, 1.165) is 38.7 Å². The Bertz CT molecular complexity index is 348. The summed E-state index contributed by atoms with van der Waals surface area (Å²) in [6.45, 7) is 3.29. The number of ether oxygens (including phenoxy) is 2. The third-order valence-corrected chi connectivity index (χ3v) is 3.50. The van der Waals surface area contributed by atoms with Crippen molar-refractivity contribution in [2.24, 2.45) is 0 Å². The first kappa shape index (κ1) is 14.3. The van der Waals surface area contributed by atoms with Crippen LogP contribution >= 0.6 is 0 Å². The van der Waals surface area contributed by atoms with Crippen molar-refractivity contribution in [1.82, 2.24) is 9.55 Å². The lowest BCUT2D eigenvalue weighted by atomic mass is 10.3. The molecule has 1 N–H and O–H groups in total. The maximum Gasteiger partial charge on any atom is 0.202 e. The number of nitrogens with one attached hydrogen (secondary N) is 1. The molecule has 1 heterocycles. The van der Waals surface area contributed by atoms with Crippen molar-refractivity contribution in [2.75, 3.05) is 32.2 Å². The zero-order valence-corrected chi connectivity index (χ0v) is 11.8. The van der Waals surface area contributed by atoms with Gasteiger partial charge in [0.1, 0.15) is 0 Å². The summed E-state index contributed by atoms with van der Waals surface area (Å²) in [5, 5.41) is 3.33. The zero-order valence-electron chi connectivity index (χ0n) is 11.8. The van der Waals surface area contributed by atoms with E-state index in [1.807, 2.05) is 12.4 Å². The second-order valence-electron chi connectivity index (χ2n) is 4.99. The average Bonchev–Trinajstić information content (AvgIpc) is 3.06. The number of imidazole rings is 1. The molecule has 1 aromatic heterocycles. The van der Waals surface area contributed by atoms with Gasteiger partial charge in [-0.1, -0.05) is 12.8 Å². The lowest BCUT2D eigenvalue weighted by Crippen LogP contribution is -2.17. The van der Waals surface area contributed by atoms with E-state index in [4.69, 9.17) is 9.47 Å². The topological polar surface area (TPSA) is 48.3 Å². The van der Waals surface area contributed by atoms with Crippen LogP contribution in [0.4, 0.5) is 5.95 Å². The molecule has 0 spiro atoms. The zero-order chi connectivity index (χ0) is 13.3. The Morgan fingerprint density at radius 2 is 2.21 bits per heavy atom. The van der Waals surface area contributed by atoms with Crippen molar-refractivity contribution >= 4 is 5.95 Å². The smallest absolute Gasteiger partial charge is 0.202 e. The number of anilines is 1. The summed E-state index contributed by atoms with van der Waals surface area (Å²) in [5.74, 6) is 0.922. The summed E-state index contributed by atoms with van der Waals surface area (Å²) >= 11 is 0. The SMILES string of the molecule is COCCCn1ccnc1NCCOC1CCCC1.